The molecule has 0 unspecified atom stereocenters. The number of amides is 1. The molecule has 0 radical (unpaired) electrons. The lowest BCUT2D eigenvalue weighted by molar-refractivity contribution is -0.158. The van der Waals surface area contributed by atoms with Crippen LogP contribution in [0.4, 0.5) is 0 Å². The van der Waals surface area contributed by atoms with Gasteiger partial charge in [0.05, 0.1) is 0 Å². The van der Waals surface area contributed by atoms with Crippen LogP contribution in [0, 0.1) is 6.92 Å². The molecule has 1 amide bonds. The summed E-state index contributed by atoms with van der Waals surface area (Å²) in [5.41, 5.74) is 1.76. The highest BCUT2D eigenvalue weighted by Crippen LogP contribution is 2.09. The number of rotatable bonds is 5. The van der Waals surface area contributed by atoms with Crippen LogP contribution in [-0.2, 0) is 20.7 Å². The molecule has 0 fully saturated rings. The topological polar surface area (TPSA) is 55.4 Å². The Bertz CT molecular complexity index is 486. The molecule has 4 nitrogen and oxygen atoms in total. The standard InChI is InChI=1S/C17H25NO3/c1-12-6-8-14(9-7-12)10-11-15(19)18-13(2)16(20)21-17(3,4)5/h6-9,13H,10-11H2,1-5H3,(H,18,19)/t13-/m0/s1. The summed E-state index contributed by atoms with van der Waals surface area (Å²) in [5, 5.41) is 2.67. The van der Waals surface area contributed by atoms with E-state index in [0.29, 0.717) is 12.8 Å². The summed E-state index contributed by atoms with van der Waals surface area (Å²) < 4.78 is 5.22. The minimum atomic E-state index is -0.630. The first-order valence-electron chi connectivity index (χ1n) is 7.25. The molecular formula is C17H25NO3. The number of nitrogens with one attached hydrogen (secondary N) is 1. The molecule has 0 bridgehead atoms. The molecule has 0 aliphatic carbocycles. The Morgan fingerprint density at radius 2 is 1.76 bits per heavy atom. The number of benzene rings is 1. The number of carbonyl (C=O) groups excluding carboxylic acids is 2. The Morgan fingerprint density at radius 1 is 1.19 bits per heavy atom. The Morgan fingerprint density at radius 3 is 2.29 bits per heavy atom. The molecular weight excluding hydrogens is 266 g/mol. The van der Waals surface area contributed by atoms with Crippen molar-refractivity contribution in [2.75, 3.05) is 0 Å². The zero-order valence-corrected chi connectivity index (χ0v) is 13.5. The molecule has 0 spiro atoms. The summed E-state index contributed by atoms with van der Waals surface area (Å²) in [6, 6.07) is 7.45. The minimum absolute atomic E-state index is 0.145. The van der Waals surface area contributed by atoms with Crippen molar-refractivity contribution in [3.8, 4) is 0 Å². The van der Waals surface area contributed by atoms with Crippen LogP contribution in [0.2, 0.25) is 0 Å². The van der Waals surface area contributed by atoms with Crippen molar-refractivity contribution in [3.05, 3.63) is 35.4 Å². The van der Waals surface area contributed by atoms with Gasteiger partial charge in [0.15, 0.2) is 0 Å². The third-order valence-corrected chi connectivity index (χ3v) is 2.90. The van der Waals surface area contributed by atoms with Gasteiger partial charge in [0.25, 0.3) is 0 Å². The monoisotopic (exact) mass is 291 g/mol. The predicted molar refractivity (Wildman–Crippen MR) is 82.9 cm³/mol. The summed E-state index contributed by atoms with van der Waals surface area (Å²) in [5.74, 6) is -0.555. The Balaban J connectivity index is 2.39. The third-order valence-electron chi connectivity index (χ3n) is 2.90. The zero-order valence-electron chi connectivity index (χ0n) is 13.5. The van der Waals surface area contributed by atoms with E-state index in [9.17, 15) is 9.59 Å². The van der Waals surface area contributed by atoms with Crippen LogP contribution in [-0.4, -0.2) is 23.5 Å². The van der Waals surface area contributed by atoms with Gasteiger partial charge in [-0.1, -0.05) is 29.8 Å². The predicted octanol–water partition coefficient (Wildman–Crippen LogP) is 2.77. The lowest BCUT2D eigenvalue weighted by atomic mass is 10.1. The van der Waals surface area contributed by atoms with Gasteiger partial charge in [-0.2, -0.15) is 0 Å². The van der Waals surface area contributed by atoms with Crippen molar-refractivity contribution in [3.63, 3.8) is 0 Å². The Labute approximate surface area is 126 Å². The summed E-state index contributed by atoms with van der Waals surface area (Å²) in [6.45, 7) is 9.07. The van der Waals surface area contributed by atoms with Gasteiger partial charge in [-0.15, -0.1) is 0 Å². The number of ether oxygens (including phenoxy) is 1. The molecule has 1 aromatic carbocycles. The van der Waals surface area contributed by atoms with Crippen LogP contribution >= 0.6 is 0 Å². The van der Waals surface area contributed by atoms with Crippen LogP contribution in [0.25, 0.3) is 0 Å². The van der Waals surface area contributed by atoms with Gasteiger partial charge < -0.3 is 10.1 Å². The molecule has 0 aliphatic heterocycles. The third kappa shape index (κ3) is 6.93. The van der Waals surface area contributed by atoms with Crippen molar-refractivity contribution in [2.24, 2.45) is 0 Å². The maximum absolute atomic E-state index is 11.8. The van der Waals surface area contributed by atoms with E-state index in [4.69, 9.17) is 4.74 Å². The normalized spacial score (nSPS) is 12.6. The van der Waals surface area contributed by atoms with E-state index in [2.05, 4.69) is 5.32 Å². The molecule has 21 heavy (non-hydrogen) atoms. The van der Waals surface area contributed by atoms with Gasteiger partial charge in [-0.05, 0) is 46.6 Å². The van der Waals surface area contributed by atoms with E-state index in [1.807, 2.05) is 31.2 Å². The molecule has 116 valence electrons. The first-order chi connectivity index (χ1) is 9.67. The smallest absolute Gasteiger partial charge is 0.328 e. The van der Waals surface area contributed by atoms with Crippen LogP contribution in [0.15, 0.2) is 24.3 Å². The van der Waals surface area contributed by atoms with Crippen LogP contribution in [0.3, 0.4) is 0 Å². The van der Waals surface area contributed by atoms with Crippen LogP contribution < -0.4 is 5.32 Å². The molecule has 0 heterocycles. The number of hydrogen-bond donors (Lipinski definition) is 1. The van der Waals surface area contributed by atoms with Crippen molar-refractivity contribution in [1.29, 1.82) is 0 Å². The Hall–Kier alpha value is -1.84. The van der Waals surface area contributed by atoms with Gasteiger partial charge in [0.2, 0.25) is 5.91 Å². The molecule has 0 saturated carbocycles. The molecule has 1 atom stereocenters. The van der Waals surface area contributed by atoms with Crippen LogP contribution in [0.5, 0.6) is 0 Å². The van der Waals surface area contributed by atoms with Gasteiger partial charge in [-0.3, -0.25) is 4.79 Å². The lowest BCUT2D eigenvalue weighted by Gasteiger charge is -2.22. The van der Waals surface area contributed by atoms with E-state index in [1.54, 1.807) is 27.7 Å². The van der Waals surface area contributed by atoms with Crippen LogP contribution in [0.1, 0.15) is 45.2 Å². The minimum Gasteiger partial charge on any atom is -0.458 e. The molecule has 0 aliphatic rings. The molecule has 0 aromatic heterocycles. The van der Waals surface area contributed by atoms with E-state index >= 15 is 0 Å². The van der Waals surface area contributed by atoms with E-state index < -0.39 is 17.6 Å². The fraction of sp³-hybridized carbons (Fsp3) is 0.529. The number of esters is 1. The van der Waals surface area contributed by atoms with E-state index in [1.165, 1.54) is 5.56 Å². The van der Waals surface area contributed by atoms with Gasteiger partial charge in [-0.25, -0.2) is 4.79 Å². The van der Waals surface area contributed by atoms with Crippen molar-refractivity contribution in [1.82, 2.24) is 5.32 Å². The Kier molecular flexibility index (Phi) is 5.94. The molecule has 4 heteroatoms. The summed E-state index contributed by atoms with van der Waals surface area (Å²) in [6.07, 6.45) is 1.02. The first-order valence-corrected chi connectivity index (χ1v) is 7.25. The second-order valence-corrected chi connectivity index (χ2v) is 6.31. The van der Waals surface area contributed by atoms with Gasteiger partial charge in [0.1, 0.15) is 11.6 Å². The summed E-state index contributed by atoms with van der Waals surface area (Å²) >= 11 is 0. The fourth-order valence-corrected chi connectivity index (χ4v) is 1.78. The van der Waals surface area contributed by atoms with E-state index in [0.717, 1.165) is 5.56 Å². The molecule has 1 rings (SSSR count). The number of carbonyl (C=O) groups is 2. The second-order valence-electron chi connectivity index (χ2n) is 6.31. The van der Waals surface area contributed by atoms with Gasteiger partial charge >= 0.3 is 5.97 Å². The summed E-state index contributed by atoms with van der Waals surface area (Å²) in [4.78, 5) is 23.6. The van der Waals surface area contributed by atoms with E-state index in [-0.39, 0.29) is 5.91 Å². The highest BCUT2D eigenvalue weighted by atomic mass is 16.6. The highest BCUT2D eigenvalue weighted by molar-refractivity contribution is 5.84. The quantitative estimate of drug-likeness (QED) is 0.849. The molecule has 1 N–H and O–H groups in total. The average molecular weight is 291 g/mol. The van der Waals surface area contributed by atoms with Crippen molar-refractivity contribution >= 4 is 11.9 Å². The van der Waals surface area contributed by atoms with Gasteiger partial charge in [0, 0.05) is 6.42 Å². The lowest BCUT2D eigenvalue weighted by Crippen LogP contribution is -2.42. The zero-order chi connectivity index (χ0) is 16.0. The maximum Gasteiger partial charge on any atom is 0.328 e. The largest absolute Gasteiger partial charge is 0.458 e. The first kappa shape index (κ1) is 17.2. The summed E-state index contributed by atoms with van der Waals surface area (Å²) in [7, 11) is 0. The van der Waals surface area contributed by atoms with Crippen molar-refractivity contribution < 1.29 is 14.3 Å². The maximum atomic E-state index is 11.8. The SMILES string of the molecule is Cc1ccc(CCC(=O)N[C@@H](C)C(=O)OC(C)(C)C)cc1. The van der Waals surface area contributed by atoms with Crippen molar-refractivity contribution in [2.45, 2.75) is 59.1 Å². The highest BCUT2D eigenvalue weighted by Gasteiger charge is 2.22. The number of aryl methyl sites for hydroxylation is 2. The molecule has 0 saturated heterocycles. The average Bonchev–Trinajstić information content (AvgIpc) is 2.36. The fourth-order valence-electron chi connectivity index (χ4n) is 1.78. The number of hydrogen-bond acceptors (Lipinski definition) is 3. The molecule has 1 aromatic rings. The second kappa shape index (κ2) is 7.25.